The number of anilines is 1. The first kappa shape index (κ1) is 32.6. The predicted octanol–water partition coefficient (Wildman–Crippen LogP) is 5.29. The highest BCUT2D eigenvalue weighted by atomic mass is 32.2. The number of carbonyl (C=O) groups is 1. The largest absolute Gasteiger partial charge is 0.453 e. The van der Waals surface area contributed by atoms with Crippen LogP contribution in [0.4, 0.5) is 14.9 Å². The number of amides is 1. The molecule has 5 aliphatic rings. The van der Waals surface area contributed by atoms with Gasteiger partial charge in [0.15, 0.2) is 9.84 Å². The Morgan fingerprint density at radius 2 is 1.83 bits per heavy atom. The summed E-state index contributed by atoms with van der Waals surface area (Å²) in [5.74, 6) is 0.706. The van der Waals surface area contributed by atoms with Gasteiger partial charge in [0.1, 0.15) is 5.82 Å². The van der Waals surface area contributed by atoms with E-state index in [0.717, 1.165) is 108 Å². The van der Waals surface area contributed by atoms with E-state index in [4.69, 9.17) is 4.74 Å². The molecule has 2 bridgehead atoms. The lowest BCUT2D eigenvalue weighted by Gasteiger charge is -2.51. The summed E-state index contributed by atoms with van der Waals surface area (Å²) >= 11 is 0. The van der Waals surface area contributed by atoms with Gasteiger partial charge < -0.3 is 25.2 Å². The highest BCUT2D eigenvalue weighted by Gasteiger charge is 2.51. The predicted molar refractivity (Wildman–Crippen MR) is 182 cm³/mol. The van der Waals surface area contributed by atoms with Crippen LogP contribution in [0.1, 0.15) is 56.9 Å². The molecule has 1 amide bonds. The number of fused-ring (bicyclic) bond motifs is 1. The van der Waals surface area contributed by atoms with Gasteiger partial charge in [-0.05, 0) is 119 Å². The second-order valence-corrected chi connectivity index (χ2v) is 16.8. The maximum Gasteiger partial charge on any atom is 0.407 e. The molecule has 7 rings (SSSR count). The summed E-state index contributed by atoms with van der Waals surface area (Å²) in [4.78, 5) is 17.9. The quantitative estimate of drug-likeness (QED) is 0.371. The SMILES string of the molecule is COC(=O)N[C@H]1CC2=C[C@@H]1[C@](c1cccc(F)c1)(C1CCN(CC3CN(c4ccc(S(=O)(=O)C5CC5)cc4)C3)CC1)CNCCCC2. The normalized spacial score (nSPS) is 28.0. The number of ether oxygens (including phenoxy) is 1. The van der Waals surface area contributed by atoms with Gasteiger partial charge >= 0.3 is 6.09 Å². The van der Waals surface area contributed by atoms with E-state index < -0.39 is 15.9 Å². The minimum atomic E-state index is -3.16. The lowest BCUT2D eigenvalue weighted by atomic mass is 9.58. The number of alkyl carbamates (subject to hydrolysis) is 1. The molecule has 0 radical (unpaired) electrons. The lowest BCUT2D eigenvalue weighted by molar-refractivity contribution is 0.0763. The molecular weight excluding hydrogens is 615 g/mol. The van der Waals surface area contributed by atoms with Crippen LogP contribution in [0.5, 0.6) is 0 Å². The van der Waals surface area contributed by atoms with Crippen molar-refractivity contribution in [1.82, 2.24) is 15.5 Å². The van der Waals surface area contributed by atoms with Crippen molar-refractivity contribution in [3.8, 4) is 0 Å². The van der Waals surface area contributed by atoms with Gasteiger partial charge in [0.2, 0.25) is 0 Å². The first-order valence-corrected chi connectivity index (χ1v) is 19.1. The second-order valence-electron chi connectivity index (χ2n) is 14.6. The maximum absolute atomic E-state index is 14.9. The molecule has 0 unspecified atom stereocenters. The fourth-order valence-corrected chi connectivity index (χ4v) is 10.6. The minimum Gasteiger partial charge on any atom is -0.453 e. The van der Waals surface area contributed by atoms with E-state index in [9.17, 15) is 17.6 Å². The molecule has 8 nitrogen and oxygen atoms in total. The Bertz CT molecular complexity index is 1560. The van der Waals surface area contributed by atoms with Crippen LogP contribution in [-0.2, 0) is 20.0 Å². The van der Waals surface area contributed by atoms with Crippen molar-refractivity contribution in [2.24, 2.45) is 17.8 Å². The maximum atomic E-state index is 14.9. The molecule has 0 spiro atoms. The number of sulfone groups is 1. The van der Waals surface area contributed by atoms with E-state index in [1.165, 1.54) is 18.7 Å². The highest BCUT2D eigenvalue weighted by Crippen LogP contribution is 2.50. The van der Waals surface area contributed by atoms with Crippen molar-refractivity contribution >= 4 is 21.6 Å². The zero-order chi connectivity index (χ0) is 32.6. The molecule has 2 aromatic carbocycles. The van der Waals surface area contributed by atoms with Crippen molar-refractivity contribution in [2.75, 3.05) is 57.8 Å². The van der Waals surface area contributed by atoms with Crippen LogP contribution < -0.4 is 15.5 Å². The van der Waals surface area contributed by atoms with Gasteiger partial charge in [-0.2, -0.15) is 0 Å². The number of piperidine rings is 1. The lowest BCUT2D eigenvalue weighted by Crippen LogP contribution is -2.58. The highest BCUT2D eigenvalue weighted by molar-refractivity contribution is 7.92. The van der Waals surface area contributed by atoms with Crippen LogP contribution in [-0.4, -0.2) is 83.6 Å². The van der Waals surface area contributed by atoms with Gasteiger partial charge in [-0.1, -0.05) is 23.8 Å². The molecular formula is C37H49FN4O4S. The van der Waals surface area contributed by atoms with Gasteiger partial charge in [0.25, 0.3) is 0 Å². The Hall–Kier alpha value is -2.95. The third-order valence-corrected chi connectivity index (χ3v) is 13.9. The molecule has 2 aromatic rings. The van der Waals surface area contributed by atoms with Gasteiger partial charge in [0.05, 0.1) is 17.3 Å². The topological polar surface area (TPSA) is 91.0 Å². The first-order valence-electron chi connectivity index (χ1n) is 17.6. The number of benzene rings is 2. The Morgan fingerprint density at radius 3 is 2.53 bits per heavy atom. The van der Waals surface area contributed by atoms with Crippen LogP contribution in [0.2, 0.25) is 0 Å². The third-order valence-electron chi connectivity index (χ3n) is 11.6. The van der Waals surface area contributed by atoms with Crippen molar-refractivity contribution < 1.29 is 22.3 Å². The molecule has 0 aromatic heterocycles. The molecule has 3 aliphatic heterocycles. The van der Waals surface area contributed by atoms with E-state index >= 15 is 0 Å². The van der Waals surface area contributed by atoms with E-state index in [2.05, 4.69) is 32.6 Å². The Balaban J connectivity index is 1.04. The fraction of sp³-hybridized carbons (Fsp3) is 0.595. The summed E-state index contributed by atoms with van der Waals surface area (Å²) < 4.78 is 45.2. The summed E-state index contributed by atoms with van der Waals surface area (Å²) in [6.45, 7) is 6.65. The number of likely N-dealkylation sites (tertiary alicyclic amines) is 1. The van der Waals surface area contributed by atoms with E-state index in [1.807, 2.05) is 18.2 Å². The molecule has 2 N–H and O–H groups in total. The number of carbonyl (C=O) groups excluding carboxylic acids is 1. The average Bonchev–Trinajstić information content (AvgIpc) is 3.86. The Morgan fingerprint density at radius 1 is 1.06 bits per heavy atom. The minimum absolute atomic E-state index is 0.0337. The third kappa shape index (κ3) is 6.70. The molecule has 2 aliphatic carbocycles. The Kier molecular flexibility index (Phi) is 9.37. The average molecular weight is 665 g/mol. The van der Waals surface area contributed by atoms with Crippen LogP contribution >= 0.6 is 0 Å². The van der Waals surface area contributed by atoms with Gasteiger partial charge in [-0.3, -0.25) is 0 Å². The number of methoxy groups -OCH3 is 1. The summed E-state index contributed by atoms with van der Waals surface area (Å²) in [6.07, 6.45) is 9.64. The molecule has 47 heavy (non-hydrogen) atoms. The monoisotopic (exact) mass is 664 g/mol. The summed E-state index contributed by atoms with van der Waals surface area (Å²) in [7, 11) is -1.74. The number of hydrogen-bond acceptors (Lipinski definition) is 7. The number of nitrogens with one attached hydrogen (secondary N) is 2. The van der Waals surface area contributed by atoms with Gasteiger partial charge in [-0.15, -0.1) is 0 Å². The molecule has 254 valence electrons. The summed E-state index contributed by atoms with van der Waals surface area (Å²) in [5, 5.41) is 6.78. The zero-order valence-electron chi connectivity index (χ0n) is 27.5. The van der Waals surface area contributed by atoms with Crippen molar-refractivity contribution in [3.63, 3.8) is 0 Å². The molecule has 10 heteroatoms. The molecule has 3 heterocycles. The van der Waals surface area contributed by atoms with Crippen molar-refractivity contribution in [3.05, 3.63) is 71.6 Å². The van der Waals surface area contributed by atoms with Gasteiger partial charge in [-0.25, -0.2) is 17.6 Å². The number of nitrogens with zero attached hydrogens (tertiary/aromatic N) is 2. The Labute approximate surface area is 279 Å². The van der Waals surface area contributed by atoms with Gasteiger partial charge in [0, 0.05) is 55.2 Å². The van der Waals surface area contributed by atoms with E-state index in [-0.39, 0.29) is 28.4 Å². The van der Waals surface area contributed by atoms with E-state index in [1.54, 1.807) is 18.2 Å². The number of halogens is 1. The summed E-state index contributed by atoms with van der Waals surface area (Å²) in [5.41, 5.74) is 3.14. The molecule has 3 atom stereocenters. The number of hydrogen-bond donors (Lipinski definition) is 2. The first-order chi connectivity index (χ1) is 22.8. The second kappa shape index (κ2) is 13.5. The molecule has 3 fully saturated rings. The van der Waals surface area contributed by atoms with Crippen molar-refractivity contribution in [1.29, 1.82) is 0 Å². The fourth-order valence-electron chi connectivity index (χ4n) is 8.94. The van der Waals surface area contributed by atoms with Crippen LogP contribution in [0.25, 0.3) is 0 Å². The van der Waals surface area contributed by atoms with Crippen LogP contribution in [0.15, 0.2) is 65.1 Å². The molecule has 2 saturated heterocycles. The van der Waals surface area contributed by atoms with E-state index in [0.29, 0.717) is 16.7 Å². The van der Waals surface area contributed by atoms with Crippen LogP contribution in [0, 0.1) is 23.6 Å². The smallest absolute Gasteiger partial charge is 0.407 e. The zero-order valence-corrected chi connectivity index (χ0v) is 28.3. The summed E-state index contributed by atoms with van der Waals surface area (Å²) in [6, 6.07) is 14.6. The van der Waals surface area contributed by atoms with Crippen LogP contribution in [0.3, 0.4) is 0 Å². The van der Waals surface area contributed by atoms with Crippen molar-refractivity contribution in [2.45, 2.75) is 73.0 Å². The standard InChI is InChI=1S/C37H49FN4O4S/c1-46-36(43)40-35-20-26-5-2-3-16-39-25-37(34(35)19-26,29-6-4-7-30(38)21-29)28-14-17-41(18-15-28)22-27-23-42(24-27)31-8-10-32(11-9-31)47(44,45)33-12-13-33/h4,6-11,19,21,27-28,33-35,39H,2-3,5,12-18,20,22-25H2,1H3,(H,40,43)/t34-,35-,37-/m0/s1. The molecule has 1 saturated carbocycles. The number of rotatable bonds is 8.